The Morgan fingerprint density at radius 2 is 2.00 bits per heavy atom. The molecule has 0 aliphatic heterocycles. The van der Waals surface area contributed by atoms with E-state index in [0.717, 1.165) is 0 Å². The number of carbonyl (C=O) groups excluding carboxylic acids is 1. The fourth-order valence-corrected chi connectivity index (χ4v) is 1.94. The van der Waals surface area contributed by atoms with Crippen LogP contribution >= 0.6 is 0 Å². The van der Waals surface area contributed by atoms with Gasteiger partial charge in [0.05, 0.1) is 18.3 Å². The second kappa shape index (κ2) is 7.37. The van der Waals surface area contributed by atoms with Crippen molar-refractivity contribution in [3.05, 3.63) is 0 Å². The Labute approximate surface area is 96.9 Å². The quantitative estimate of drug-likeness (QED) is 0.300. The SMILES string of the molecule is CCC(CC(=O)NC[Si](C)(OC)OC)=NO. The number of carbonyl (C=O) groups is 1. The van der Waals surface area contributed by atoms with Gasteiger partial charge in [-0.25, -0.2) is 0 Å². The van der Waals surface area contributed by atoms with E-state index in [0.29, 0.717) is 18.3 Å². The number of amides is 1. The van der Waals surface area contributed by atoms with E-state index in [-0.39, 0.29) is 12.3 Å². The van der Waals surface area contributed by atoms with Gasteiger partial charge in [0.15, 0.2) is 0 Å². The van der Waals surface area contributed by atoms with Crippen molar-refractivity contribution in [1.29, 1.82) is 0 Å². The van der Waals surface area contributed by atoms with Gasteiger partial charge in [0.25, 0.3) is 0 Å². The molecule has 0 aromatic heterocycles. The lowest BCUT2D eigenvalue weighted by Crippen LogP contribution is -2.49. The maximum absolute atomic E-state index is 11.5. The Kier molecular flexibility index (Phi) is 6.94. The van der Waals surface area contributed by atoms with Gasteiger partial charge >= 0.3 is 8.56 Å². The van der Waals surface area contributed by atoms with Gasteiger partial charge in [-0.2, -0.15) is 0 Å². The van der Waals surface area contributed by atoms with E-state index in [1.807, 2.05) is 13.5 Å². The van der Waals surface area contributed by atoms with Crippen LogP contribution < -0.4 is 5.32 Å². The molecule has 0 aliphatic rings. The zero-order valence-electron chi connectivity index (χ0n) is 10.2. The molecule has 0 spiro atoms. The van der Waals surface area contributed by atoms with E-state index in [2.05, 4.69) is 10.5 Å². The first-order valence-corrected chi connectivity index (χ1v) is 7.60. The van der Waals surface area contributed by atoms with Crippen LogP contribution in [0, 0.1) is 0 Å². The molecule has 2 N–H and O–H groups in total. The molecule has 0 heterocycles. The molecular formula is C9H20N2O4Si. The molecule has 1 amide bonds. The lowest BCUT2D eigenvalue weighted by Gasteiger charge is -2.22. The van der Waals surface area contributed by atoms with Crippen LogP contribution in [0.2, 0.25) is 6.55 Å². The molecule has 0 unspecified atom stereocenters. The number of hydrogen-bond acceptors (Lipinski definition) is 5. The molecule has 0 saturated heterocycles. The standard InChI is InChI=1S/C9H20N2O4Si/c1-5-8(11-13)6-9(12)10-7-16(4,14-2)15-3/h13H,5-7H2,1-4H3,(H,10,12). The third-order valence-electron chi connectivity index (χ3n) is 2.38. The topological polar surface area (TPSA) is 80.2 Å². The van der Waals surface area contributed by atoms with Gasteiger partial charge in [0.1, 0.15) is 0 Å². The second-order valence-corrected chi connectivity index (χ2v) is 6.95. The summed E-state index contributed by atoms with van der Waals surface area (Å²) in [5.74, 6) is -0.192. The smallest absolute Gasteiger partial charge is 0.354 e. The molecule has 7 heteroatoms. The third kappa shape index (κ3) is 5.24. The van der Waals surface area contributed by atoms with E-state index in [1.165, 1.54) is 0 Å². The Morgan fingerprint density at radius 3 is 2.38 bits per heavy atom. The van der Waals surface area contributed by atoms with Crippen molar-refractivity contribution in [1.82, 2.24) is 5.32 Å². The van der Waals surface area contributed by atoms with Crippen molar-refractivity contribution in [3.63, 3.8) is 0 Å². The zero-order valence-corrected chi connectivity index (χ0v) is 11.2. The van der Waals surface area contributed by atoms with Gasteiger partial charge in [-0.15, -0.1) is 0 Å². The van der Waals surface area contributed by atoms with Crippen molar-refractivity contribution in [2.75, 3.05) is 20.4 Å². The van der Waals surface area contributed by atoms with Crippen molar-refractivity contribution in [3.8, 4) is 0 Å². The van der Waals surface area contributed by atoms with Gasteiger partial charge in [0.2, 0.25) is 5.91 Å². The molecule has 0 fully saturated rings. The molecule has 0 atom stereocenters. The number of nitrogens with one attached hydrogen (secondary N) is 1. The van der Waals surface area contributed by atoms with Crippen LogP contribution in [0.3, 0.4) is 0 Å². The highest BCUT2D eigenvalue weighted by molar-refractivity contribution is 6.66. The van der Waals surface area contributed by atoms with Crippen LogP contribution in [0.4, 0.5) is 0 Å². The predicted molar refractivity (Wildman–Crippen MR) is 62.8 cm³/mol. The minimum atomic E-state index is -2.27. The molecule has 0 bridgehead atoms. The van der Waals surface area contributed by atoms with E-state index >= 15 is 0 Å². The fraction of sp³-hybridized carbons (Fsp3) is 0.778. The highest BCUT2D eigenvalue weighted by Gasteiger charge is 2.29. The molecule has 6 nitrogen and oxygen atoms in total. The summed E-state index contributed by atoms with van der Waals surface area (Å²) < 4.78 is 10.4. The number of rotatable bonds is 7. The van der Waals surface area contributed by atoms with Crippen LogP contribution in [0.5, 0.6) is 0 Å². The summed E-state index contributed by atoms with van der Waals surface area (Å²) >= 11 is 0. The molecule has 94 valence electrons. The molecule has 0 aromatic rings. The van der Waals surface area contributed by atoms with Crippen molar-refractivity contribution in [2.24, 2.45) is 5.16 Å². The van der Waals surface area contributed by atoms with E-state index < -0.39 is 8.56 Å². The summed E-state index contributed by atoms with van der Waals surface area (Å²) in [5.41, 5.74) is 0.454. The maximum Gasteiger partial charge on any atom is 0.354 e. The highest BCUT2D eigenvalue weighted by Crippen LogP contribution is 2.02. The highest BCUT2D eigenvalue weighted by atomic mass is 28.4. The Hall–Kier alpha value is -0.923. The van der Waals surface area contributed by atoms with Crippen LogP contribution in [-0.4, -0.2) is 45.8 Å². The van der Waals surface area contributed by atoms with E-state index in [9.17, 15) is 4.79 Å². The van der Waals surface area contributed by atoms with Crippen LogP contribution in [-0.2, 0) is 13.6 Å². The molecule has 16 heavy (non-hydrogen) atoms. The molecule has 0 rings (SSSR count). The normalized spacial score (nSPS) is 12.6. The largest absolute Gasteiger partial charge is 0.411 e. The van der Waals surface area contributed by atoms with E-state index in [1.54, 1.807) is 14.2 Å². The summed E-state index contributed by atoms with van der Waals surface area (Å²) in [4.78, 5) is 11.5. The Morgan fingerprint density at radius 1 is 1.44 bits per heavy atom. The summed E-state index contributed by atoms with van der Waals surface area (Å²) in [6, 6.07) is 0. The molecular weight excluding hydrogens is 228 g/mol. The monoisotopic (exact) mass is 248 g/mol. The predicted octanol–water partition coefficient (Wildman–Crippen LogP) is 0.637. The molecule has 0 radical (unpaired) electrons. The lowest BCUT2D eigenvalue weighted by atomic mass is 10.2. The minimum absolute atomic E-state index is 0.102. The molecule has 0 aromatic carbocycles. The van der Waals surface area contributed by atoms with Gasteiger partial charge < -0.3 is 19.4 Å². The van der Waals surface area contributed by atoms with Crippen LogP contribution in [0.1, 0.15) is 19.8 Å². The second-order valence-electron chi connectivity index (χ2n) is 3.52. The van der Waals surface area contributed by atoms with Crippen LogP contribution in [0.15, 0.2) is 5.16 Å². The van der Waals surface area contributed by atoms with Crippen molar-refractivity contribution < 1.29 is 18.9 Å². The average molecular weight is 248 g/mol. The summed E-state index contributed by atoms with van der Waals surface area (Å²) in [7, 11) is 0.862. The molecule has 0 aliphatic carbocycles. The van der Waals surface area contributed by atoms with Gasteiger partial charge in [-0.05, 0) is 13.0 Å². The fourth-order valence-electron chi connectivity index (χ4n) is 0.966. The minimum Gasteiger partial charge on any atom is -0.411 e. The number of nitrogens with zero attached hydrogens (tertiary/aromatic N) is 1. The zero-order chi connectivity index (χ0) is 12.6. The first-order valence-electron chi connectivity index (χ1n) is 5.08. The summed E-state index contributed by atoms with van der Waals surface area (Å²) in [6.07, 6.45) is 1.03. The number of oxime groups is 1. The number of hydrogen-bond donors (Lipinski definition) is 2. The summed E-state index contributed by atoms with van der Waals surface area (Å²) in [6.45, 7) is 3.68. The van der Waals surface area contributed by atoms with Crippen molar-refractivity contribution >= 4 is 20.2 Å². The van der Waals surface area contributed by atoms with E-state index in [4.69, 9.17) is 14.1 Å². The van der Waals surface area contributed by atoms with Gasteiger partial charge in [-0.1, -0.05) is 12.1 Å². The van der Waals surface area contributed by atoms with Gasteiger partial charge in [-0.3, -0.25) is 4.79 Å². The maximum atomic E-state index is 11.5. The van der Waals surface area contributed by atoms with Crippen molar-refractivity contribution in [2.45, 2.75) is 26.3 Å². The van der Waals surface area contributed by atoms with Crippen LogP contribution in [0.25, 0.3) is 0 Å². The Balaban J connectivity index is 4.07. The molecule has 0 saturated carbocycles. The average Bonchev–Trinajstić information content (AvgIpc) is 2.33. The first-order chi connectivity index (χ1) is 7.51. The summed E-state index contributed by atoms with van der Waals surface area (Å²) in [5, 5.41) is 14.3. The lowest BCUT2D eigenvalue weighted by molar-refractivity contribution is -0.119. The third-order valence-corrected chi connectivity index (χ3v) is 4.93. The first kappa shape index (κ1) is 15.1. The Bertz CT molecular complexity index is 254. The van der Waals surface area contributed by atoms with Gasteiger partial charge in [0, 0.05) is 14.2 Å².